The Kier molecular flexibility index (Phi) is 3.80. The largest absolute Gasteiger partial charge is 0.381 e. The number of halogens is 1. The van der Waals surface area contributed by atoms with Crippen molar-refractivity contribution in [2.24, 2.45) is 5.92 Å². The van der Waals surface area contributed by atoms with E-state index in [-0.39, 0.29) is 0 Å². The van der Waals surface area contributed by atoms with Crippen LogP contribution in [0.5, 0.6) is 0 Å². The molecule has 15 heavy (non-hydrogen) atoms. The predicted octanol–water partition coefficient (Wildman–Crippen LogP) is 3.10. The third-order valence-corrected chi connectivity index (χ3v) is 5.19. The molecule has 2 atom stereocenters. The number of hydrogen-bond acceptors (Lipinski definition) is 3. The Morgan fingerprint density at radius 3 is 2.93 bits per heavy atom. The van der Waals surface area contributed by atoms with Gasteiger partial charge in [-0.1, -0.05) is 15.9 Å². The van der Waals surface area contributed by atoms with Gasteiger partial charge < -0.3 is 4.74 Å². The molecule has 0 spiro atoms. The highest BCUT2D eigenvalue weighted by molar-refractivity contribution is 9.09. The van der Waals surface area contributed by atoms with Crippen molar-refractivity contribution in [1.82, 2.24) is 4.98 Å². The molecule has 1 saturated heterocycles. The van der Waals surface area contributed by atoms with Gasteiger partial charge in [-0.3, -0.25) is 0 Å². The van der Waals surface area contributed by atoms with E-state index in [4.69, 9.17) is 4.74 Å². The van der Waals surface area contributed by atoms with Crippen molar-refractivity contribution in [3.05, 3.63) is 15.6 Å². The molecule has 2 rings (SSSR count). The van der Waals surface area contributed by atoms with Gasteiger partial charge in [0, 0.05) is 28.6 Å². The van der Waals surface area contributed by atoms with Gasteiger partial charge >= 0.3 is 0 Å². The van der Waals surface area contributed by atoms with Crippen molar-refractivity contribution < 1.29 is 4.74 Å². The Hall–Kier alpha value is 0.0700. The van der Waals surface area contributed by atoms with Gasteiger partial charge in [0.15, 0.2) is 0 Å². The highest BCUT2D eigenvalue weighted by Gasteiger charge is 2.24. The first-order chi connectivity index (χ1) is 7.16. The molecule has 84 valence electrons. The lowest BCUT2D eigenvalue weighted by Gasteiger charge is -2.26. The molecular formula is C11H16BrNOS. The molecular weight excluding hydrogens is 274 g/mol. The summed E-state index contributed by atoms with van der Waals surface area (Å²) in [4.78, 5) is 6.51. The summed E-state index contributed by atoms with van der Waals surface area (Å²) >= 11 is 5.56. The normalized spacial score (nSPS) is 26.9. The van der Waals surface area contributed by atoms with Crippen LogP contribution in [0.2, 0.25) is 0 Å². The van der Waals surface area contributed by atoms with Gasteiger partial charge in [0.1, 0.15) is 0 Å². The topological polar surface area (TPSA) is 22.1 Å². The quantitative estimate of drug-likeness (QED) is 0.781. The minimum absolute atomic E-state index is 0.587. The van der Waals surface area contributed by atoms with Crippen molar-refractivity contribution in [3.63, 3.8) is 0 Å². The Labute approximate surface area is 103 Å². The molecule has 4 heteroatoms. The minimum atomic E-state index is 0.587. The molecule has 0 bridgehead atoms. The molecule has 1 aromatic rings. The fourth-order valence-corrected chi connectivity index (χ4v) is 3.36. The molecule has 2 unspecified atom stereocenters. The third kappa shape index (κ3) is 2.80. The minimum Gasteiger partial charge on any atom is -0.381 e. The fraction of sp³-hybridized carbons (Fsp3) is 0.727. The number of thiazole rings is 1. The van der Waals surface area contributed by atoms with Crippen LogP contribution in [0.25, 0.3) is 0 Å². The predicted molar refractivity (Wildman–Crippen MR) is 66.9 cm³/mol. The van der Waals surface area contributed by atoms with Crippen LogP contribution in [0.15, 0.2) is 0 Å². The summed E-state index contributed by atoms with van der Waals surface area (Å²) in [5.41, 5.74) is 1.18. The van der Waals surface area contributed by atoms with Gasteiger partial charge in [-0.25, -0.2) is 4.98 Å². The van der Waals surface area contributed by atoms with Crippen LogP contribution < -0.4 is 0 Å². The van der Waals surface area contributed by atoms with Crippen LogP contribution in [0.4, 0.5) is 0 Å². The van der Waals surface area contributed by atoms with Crippen LogP contribution in [0, 0.1) is 19.8 Å². The summed E-state index contributed by atoms with van der Waals surface area (Å²) in [6.07, 6.45) is 2.17. The maximum absolute atomic E-state index is 5.51. The zero-order valence-corrected chi connectivity index (χ0v) is 11.5. The van der Waals surface area contributed by atoms with E-state index in [1.54, 1.807) is 0 Å². The lowest BCUT2D eigenvalue weighted by Crippen LogP contribution is -2.29. The van der Waals surface area contributed by atoms with E-state index in [1.807, 2.05) is 11.3 Å². The molecule has 1 aliphatic rings. The van der Waals surface area contributed by atoms with Crippen molar-refractivity contribution in [2.45, 2.75) is 31.5 Å². The van der Waals surface area contributed by atoms with Crippen LogP contribution in [-0.2, 0) is 11.2 Å². The monoisotopic (exact) mass is 289 g/mol. The van der Waals surface area contributed by atoms with Crippen LogP contribution >= 0.6 is 27.3 Å². The Balaban J connectivity index is 2.01. The maximum Gasteiger partial charge on any atom is 0.0934 e. The molecule has 1 aliphatic heterocycles. The number of aromatic nitrogens is 1. The summed E-state index contributed by atoms with van der Waals surface area (Å²) < 4.78 is 5.51. The number of alkyl halides is 1. The lowest BCUT2D eigenvalue weighted by molar-refractivity contribution is 0.0605. The van der Waals surface area contributed by atoms with Gasteiger partial charge in [-0.15, -0.1) is 11.3 Å². The van der Waals surface area contributed by atoms with E-state index >= 15 is 0 Å². The molecule has 0 aromatic carbocycles. The first kappa shape index (κ1) is 11.6. The summed E-state index contributed by atoms with van der Waals surface area (Å²) in [5, 5.41) is 1.25. The number of aryl methyl sites for hydroxylation is 2. The Bertz CT molecular complexity index is 320. The second-order valence-electron chi connectivity index (χ2n) is 4.09. The van der Waals surface area contributed by atoms with Gasteiger partial charge in [0.05, 0.1) is 17.3 Å². The van der Waals surface area contributed by atoms with Crippen LogP contribution in [0.3, 0.4) is 0 Å². The zero-order chi connectivity index (χ0) is 10.8. The molecule has 0 amide bonds. The Morgan fingerprint density at radius 1 is 1.53 bits per heavy atom. The van der Waals surface area contributed by atoms with Crippen molar-refractivity contribution in [3.8, 4) is 0 Å². The fourth-order valence-electron chi connectivity index (χ4n) is 1.81. The van der Waals surface area contributed by atoms with Gasteiger partial charge in [-0.05, 0) is 20.3 Å². The van der Waals surface area contributed by atoms with E-state index in [2.05, 4.69) is 34.8 Å². The van der Waals surface area contributed by atoms with Gasteiger partial charge in [-0.2, -0.15) is 0 Å². The molecule has 0 aliphatic carbocycles. The highest BCUT2D eigenvalue weighted by Crippen LogP contribution is 2.27. The molecule has 2 heterocycles. The number of rotatable bonds is 2. The number of nitrogens with zero attached hydrogens (tertiary/aromatic N) is 1. The summed E-state index contributed by atoms with van der Waals surface area (Å²) in [7, 11) is 0. The number of ether oxygens (including phenoxy) is 1. The Morgan fingerprint density at radius 2 is 2.33 bits per heavy atom. The maximum atomic E-state index is 5.51. The molecule has 1 fully saturated rings. The van der Waals surface area contributed by atoms with Crippen LogP contribution in [0.1, 0.15) is 22.0 Å². The zero-order valence-electron chi connectivity index (χ0n) is 9.12. The van der Waals surface area contributed by atoms with Crippen molar-refractivity contribution >= 4 is 27.3 Å². The molecule has 0 saturated carbocycles. The van der Waals surface area contributed by atoms with E-state index in [0.717, 1.165) is 26.1 Å². The summed E-state index contributed by atoms with van der Waals surface area (Å²) in [6, 6.07) is 0. The second kappa shape index (κ2) is 4.93. The van der Waals surface area contributed by atoms with Crippen LogP contribution in [-0.4, -0.2) is 23.0 Å². The first-order valence-corrected chi connectivity index (χ1v) is 7.04. The van der Waals surface area contributed by atoms with Crippen molar-refractivity contribution in [2.75, 3.05) is 13.2 Å². The van der Waals surface area contributed by atoms with E-state index in [0.29, 0.717) is 10.7 Å². The molecule has 2 nitrogen and oxygen atoms in total. The van der Waals surface area contributed by atoms with Gasteiger partial charge in [0.2, 0.25) is 0 Å². The molecule has 0 radical (unpaired) electrons. The van der Waals surface area contributed by atoms with E-state index in [1.165, 1.54) is 15.6 Å². The van der Waals surface area contributed by atoms with Crippen molar-refractivity contribution in [1.29, 1.82) is 0 Å². The second-order valence-corrected chi connectivity index (χ2v) is 6.56. The van der Waals surface area contributed by atoms with Gasteiger partial charge in [0.25, 0.3) is 0 Å². The average Bonchev–Trinajstić information content (AvgIpc) is 2.50. The highest BCUT2D eigenvalue weighted by atomic mass is 79.9. The SMILES string of the molecule is Cc1nc(CC2COCCC2Br)sc1C. The molecule has 0 N–H and O–H groups in total. The average molecular weight is 290 g/mol. The van der Waals surface area contributed by atoms with E-state index in [9.17, 15) is 0 Å². The summed E-state index contributed by atoms with van der Waals surface area (Å²) in [5.74, 6) is 0.587. The summed E-state index contributed by atoms with van der Waals surface area (Å²) in [6.45, 7) is 5.98. The standard InChI is InChI=1S/C11H16BrNOS/c1-7-8(2)15-11(13-7)5-9-6-14-4-3-10(9)12/h9-10H,3-6H2,1-2H3. The number of hydrogen-bond donors (Lipinski definition) is 0. The molecule has 1 aromatic heterocycles. The lowest BCUT2D eigenvalue weighted by atomic mass is 9.99. The first-order valence-electron chi connectivity index (χ1n) is 5.31. The smallest absolute Gasteiger partial charge is 0.0934 e. The third-order valence-electron chi connectivity index (χ3n) is 2.89. The van der Waals surface area contributed by atoms with E-state index < -0.39 is 0 Å².